The lowest BCUT2D eigenvalue weighted by molar-refractivity contribution is -0.151. The van der Waals surface area contributed by atoms with E-state index in [0.717, 1.165) is 0 Å². The fraction of sp³-hybridized carbons (Fsp3) is 0.417. The van der Waals surface area contributed by atoms with Crippen LogP contribution < -0.4 is 14.4 Å². The number of aromatic nitrogens is 1. The van der Waals surface area contributed by atoms with Gasteiger partial charge in [0.05, 0.1) is 38.5 Å². The van der Waals surface area contributed by atoms with Crippen molar-refractivity contribution in [3.8, 4) is 11.5 Å². The molecule has 10 heteroatoms. The average molecular weight is 472 g/mol. The number of benzene rings is 1. The molecule has 0 unspecified atom stereocenters. The summed E-state index contributed by atoms with van der Waals surface area (Å²) in [5, 5.41) is 0. The highest BCUT2D eigenvalue weighted by molar-refractivity contribution is 6.04. The predicted molar refractivity (Wildman–Crippen MR) is 121 cm³/mol. The molecule has 2 atom stereocenters. The van der Waals surface area contributed by atoms with Crippen molar-refractivity contribution in [1.29, 1.82) is 0 Å². The van der Waals surface area contributed by atoms with Crippen molar-refractivity contribution >= 4 is 29.3 Å². The highest BCUT2D eigenvalue weighted by Crippen LogP contribution is 2.34. The maximum atomic E-state index is 12.9. The first kappa shape index (κ1) is 24.8. The second-order valence-corrected chi connectivity index (χ2v) is 8.00. The van der Waals surface area contributed by atoms with Crippen LogP contribution in [-0.4, -0.2) is 62.6 Å². The molecule has 0 aliphatic carbocycles. The summed E-state index contributed by atoms with van der Waals surface area (Å²) in [6, 6.07) is 5.04. The molecule has 1 aromatic carbocycles. The van der Waals surface area contributed by atoms with Crippen LogP contribution in [0, 0.1) is 19.8 Å². The van der Waals surface area contributed by atoms with Gasteiger partial charge < -0.3 is 28.8 Å². The van der Waals surface area contributed by atoms with E-state index in [1.807, 2.05) is 0 Å². The van der Waals surface area contributed by atoms with E-state index in [1.54, 1.807) is 32.0 Å². The van der Waals surface area contributed by atoms with Gasteiger partial charge in [-0.1, -0.05) is 0 Å². The second kappa shape index (κ2) is 9.98. The summed E-state index contributed by atoms with van der Waals surface area (Å²) < 4.78 is 20.7. The van der Waals surface area contributed by atoms with Gasteiger partial charge in [0.1, 0.15) is 0 Å². The van der Waals surface area contributed by atoms with Gasteiger partial charge in [-0.3, -0.25) is 14.4 Å². The summed E-state index contributed by atoms with van der Waals surface area (Å²) in [6.45, 7) is 4.84. The van der Waals surface area contributed by atoms with E-state index in [-0.39, 0.29) is 30.1 Å². The summed E-state index contributed by atoms with van der Waals surface area (Å²) >= 11 is 0. The number of hydrogen-bond donors (Lipinski definition) is 1. The Balaban J connectivity index is 1.70. The minimum atomic E-state index is -1.11. The van der Waals surface area contributed by atoms with Crippen molar-refractivity contribution in [2.24, 2.45) is 5.92 Å². The molecule has 10 nitrogen and oxygen atoms in total. The molecule has 1 saturated heterocycles. The molecule has 2 aromatic rings. The van der Waals surface area contributed by atoms with Crippen LogP contribution in [0.4, 0.5) is 5.69 Å². The first-order valence-electron chi connectivity index (χ1n) is 10.7. The maximum absolute atomic E-state index is 12.9. The lowest BCUT2D eigenvalue weighted by atomic mass is 10.1. The third-order valence-electron chi connectivity index (χ3n) is 5.87. The number of aromatic amines is 1. The number of nitrogens with one attached hydrogen (secondary N) is 1. The van der Waals surface area contributed by atoms with Crippen LogP contribution in [0.1, 0.15) is 45.4 Å². The number of rotatable bonds is 8. The molecule has 0 spiro atoms. The van der Waals surface area contributed by atoms with E-state index in [0.29, 0.717) is 28.4 Å². The number of esters is 2. The van der Waals surface area contributed by atoms with Gasteiger partial charge in [0, 0.05) is 30.4 Å². The summed E-state index contributed by atoms with van der Waals surface area (Å²) in [5.74, 6) is -1.68. The molecular weight excluding hydrogens is 444 g/mol. The minimum Gasteiger partial charge on any atom is -0.493 e. The highest BCUT2D eigenvalue weighted by atomic mass is 16.5. The molecular formula is C24H28N2O8. The van der Waals surface area contributed by atoms with Crippen LogP contribution in [0.25, 0.3) is 0 Å². The van der Waals surface area contributed by atoms with Crippen LogP contribution in [0.5, 0.6) is 11.5 Å². The van der Waals surface area contributed by atoms with Crippen LogP contribution in [-0.2, 0) is 19.1 Å². The van der Waals surface area contributed by atoms with Gasteiger partial charge >= 0.3 is 11.9 Å². The zero-order valence-electron chi connectivity index (χ0n) is 20.0. The van der Waals surface area contributed by atoms with Gasteiger partial charge in [-0.25, -0.2) is 4.79 Å². The van der Waals surface area contributed by atoms with Gasteiger partial charge in [-0.05, 0) is 38.5 Å². The number of hydrogen-bond acceptors (Lipinski definition) is 8. The van der Waals surface area contributed by atoms with Gasteiger partial charge in [-0.2, -0.15) is 0 Å². The van der Waals surface area contributed by atoms with E-state index in [4.69, 9.17) is 18.9 Å². The zero-order valence-corrected chi connectivity index (χ0v) is 20.0. The Bertz CT molecular complexity index is 1140. The molecule has 0 radical (unpaired) electrons. The largest absolute Gasteiger partial charge is 0.493 e. The molecule has 0 saturated carbocycles. The van der Waals surface area contributed by atoms with Crippen molar-refractivity contribution in [3.05, 3.63) is 40.7 Å². The number of methoxy groups -OCH3 is 3. The highest BCUT2D eigenvalue weighted by Gasteiger charge is 2.38. The number of anilines is 1. The standard InChI is InChI=1S/C24H28N2O8/c1-12-20(24(30)33-6)13(2)25-21(12)22(28)14(3)34-23(29)15-9-19(27)26(11-15)16-7-8-17(31-4)18(10-16)32-5/h7-8,10,14-15,25H,9,11H2,1-6H3/t14-,15-/m1/s1. The number of aryl methyl sites for hydroxylation is 1. The van der Waals surface area contributed by atoms with Crippen LogP contribution in [0.2, 0.25) is 0 Å². The molecule has 0 bridgehead atoms. The molecule has 1 aromatic heterocycles. The SMILES string of the molecule is COC(=O)c1c(C)[nH]c(C(=O)[C@@H](C)OC(=O)[C@@H]2CC(=O)N(c3ccc(OC)c(OC)c3)C2)c1C. The number of carbonyl (C=O) groups is 4. The number of nitrogens with zero attached hydrogens (tertiary/aromatic N) is 1. The predicted octanol–water partition coefficient (Wildman–Crippen LogP) is 2.60. The van der Waals surface area contributed by atoms with Crippen molar-refractivity contribution in [2.45, 2.75) is 33.3 Å². The van der Waals surface area contributed by atoms with E-state index in [9.17, 15) is 19.2 Å². The van der Waals surface area contributed by atoms with Crippen LogP contribution >= 0.6 is 0 Å². The molecule has 2 heterocycles. The molecule has 3 rings (SSSR count). The number of ether oxygens (including phenoxy) is 4. The van der Waals surface area contributed by atoms with E-state index < -0.39 is 29.7 Å². The monoisotopic (exact) mass is 472 g/mol. The topological polar surface area (TPSA) is 124 Å². The first-order valence-corrected chi connectivity index (χ1v) is 10.7. The smallest absolute Gasteiger partial charge is 0.339 e. The lowest BCUT2D eigenvalue weighted by Gasteiger charge is -2.19. The molecule has 182 valence electrons. The third-order valence-corrected chi connectivity index (χ3v) is 5.87. The van der Waals surface area contributed by atoms with Crippen LogP contribution in [0.15, 0.2) is 18.2 Å². The van der Waals surface area contributed by atoms with E-state index >= 15 is 0 Å². The Morgan fingerprint density at radius 2 is 1.76 bits per heavy atom. The van der Waals surface area contributed by atoms with Gasteiger partial charge in [-0.15, -0.1) is 0 Å². The molecule has 34 heavy (non-hydrogen) atoms. The molecule has 1 N–H and O–H groups in total. The minimum absolute atomic E-state index is 0.0405. The van der Waals surface area contributed by atoms with Gasteiger partial charge in [0.25, 0.3) is 0 Å². The Kier molecular flexibility index (Phi) is 7.29. The Labute approximate surface area is 197 Å². The van der Waals surface area contributed by atoms with E-state index in [2.05, 4.69) is 4.98 Å². The van der Waals surface area contributed by atoms with Crippen LogP contribution in [0.3, 0.4) is 0 Å². The summed E-state index contributed by atoms with van der Waals surface area (Å²) in [6.07, 6.45) is -1.15. The number of amides is 1. The average Bonchev–Trinajstić information content (AvgIpc) is 3.36. The molecule has 1 fully saturated rings. The first-order chi connectivity index (χ1) is 16.1. The zero-order chi connectivity index (χ0) is 25.2. The summed E-state index contributed by atoms with van der Waals surface area (Å²) in [4.78, 5) is 54.6. The molecule has 1 aliphatic rings. The Morgan fingerprint density at radius 1 is 1.09 bits per heavy atom. The fourth-order valence-electron chi connectivity index (χ4n) is 4.04. The number of Topliss-reactive ketones (excluding diaryl/α,β-unsaturated/α-hetero) is 1. The van der Waals surface area contributed by atoms with Crippen molar-refractivity contribution in [2.75, 3.05) is 32.8 Å². The van der Waals surface area contributed by atoms with Crippen molar-refractivity contribution in [3.63, 3.8) is 0 Å². The van der Waals surface area contributed by atoms with Gasteiger partial charge in [0.2, 0.25) is 11.7 Å². The second-order valence-electron chi connectivity index (χ2n) is 8.00. The van der Waals surface area contributed by atoms with E-state index in [1.165, 1.54) is 33.2 Å². The number of H-pyrrole nitrogens is 1. The van der Waals surface area contributed by atoms with Crippen molar-refractivity contribution < 1.29 is 38.1 Å². The summed E-state index contributed by atoms with van der Waals surface area (Å²) in [5.41, 5.74) is 1.92. The Hall–Kier alpha value is -3.82. The Morgan fingerprint density at radius 3 is 2.38 bits per heavy atom. The molecule has 1 aliphatic heterocycles. The fourth-order valence-corrected chi connectivity index (χ4v) is 4.04. The van der Waals surface area contributed by atoms with Gasteiger partial charge in [0.15, 0.2) is 17.6 Å². The third kappa shape index (κ3) is 4.61. The number of carbonyl (C=O) groups excluding carboxylic acids is 4. The lowest BCUT2D eigenvalue weighted by Crippen LogP contribution is -2.30. The quantitative estimate of drug-likeness (QED) is 0.459. The molecule has 1 amide bonds. The maximum Gasteiger partial charge on any atom is 0.339 e. The van der Waals surface area contributed by atoms with Crippen molar-refractivity contribution in [1.82, 2.24) is 4.98 Å². The number of ketones is 1. The summed E-state index contributed by atoms with van der Waals surface area (Å²) in [7, 11) is 4.26. The normalized spacial score (nSPS) is 16.2.